The van der Waals surface area contributed by atoms with E-state index in [0.717, 1.165) is 30.7 Å². The normalized spacial score (nSPS) is 10.1. The lowest BCUT2D eigenvalue weighted by molar-refractivity contribution is 0.0498. The summed E-state index contributed by atoms with van der Waals surface area (Å²) >= 11 is 0. The first-order valence-corrected chi connectivity index (χ1v) is 6.62. The Morgan fingerprint density at radius 1 is 1.26 bits per heavy atom. The summed E-state index contributed by atoms with van der Waals surface area (Å²) in [5.41, 5.74) is 1.42. The van der Waals surface area contributed by atoms with Crippen LogP contribution in [-0.4, -0.2) is 33.8 Å². The van der Waals surface area contributed by atoms with Crippen LogP contribution in [0.3, 0.4) is 0 Å². The third kappa shape index (κ3) is 4.47. The number of ether oxygens (including phenoxy) is 2. The lowest BCUT2D eigenvalue weighted by atomic mass is 10.1. The standard InChI is InChI=1S/C15H23NO3/c1-5-6-7-10-19-15(17)12-8-9-14(18-4)13(11-12)16(2)3/h8-9,11H,5-7,10H2,1-4H3. The second kappa shape index (κ2) is 7.67. The van der Waals surface area contributed by atoms with E-state index in [0.29, 0.717) is 12.2 Å². The van der Waals surface area contributed by atoms with Crippen molar-refractivity contribution in [3.8, 4) is 5.75 Å². The predicted octanol–water partition coefficient (Wildman–Crippen LogP) is 3.11. The molecule has 0 radical (unpaired) electrons. The van der Waals surface area contributed by atoms with Gasteiger partial charge in [-0.15, -0.1) is 0 Å². The monoisotopic (exact) mass is 265 g/mol. The number of hydrogen-bond acceptors (Lipinski definition) is 4. The van der Waals surface area contributed by atoms with Crippen LogP contribution in [0.1, 0.15) is 36.5 Å². The number of hydrogen-bond donors (Lipinski definition) is 0. The number of unbranched alkanes of at least 4 members (excludes halogenated alkanes) is 2. The first-order chi connectivity index (χ1) is 9.10. The zero-order valence-electron chi connectivity index (χ0n) is 12.2. The lowest BCUT2D eigenvalue weighted by Crippen LogP contribution is -2.12. The van der Waals surface area contributed by atoms with E-state index in [1.54, 1.807) is 25.3 Å². The van der Waals surface area contributed by atoms with Crippen molar-refractivity contribution in [1.82, 2.24) is 0 Å². The Morgan fingerprint density at radius 3 is 2.58 bits per heavy atom. The van der Waals surface area contributed by atoms with Crippen LogP contribution in [0.25, 0.3) is 0 Å². The van der Waals surface area contributed by atoms with E-state index in [2.05, 4.69) is 6.92 Å². The average Bonchev–Trinajstić information content (AvgIpc) is 2.42. The van der Waals surface area contributed by atoms with Crippen LogP contribution < -0.4 is 9.64 Å². The first-order valence-electron chi connectivity index (χ1n) is 6.62. The molecule has 0 aliphatic heterocycles. The van der Waals surface area contributed by atoms with E-state index < -0.39 is 0 Å². The van der Waals surface area contributed by atoms with Crippen molar-refractivity contribution in [3.63, 3.8) is 0 Å². The zero-order valence-corrected chi connectivity index (χ0v) is 12.2. The van der Waals surface area contributed by atoms with Crippen LogP contribution >= 0.6 is 0 Å². The number of carbonyl (C=O) groups is 1. The SMILES string of the molecule is CCCCCOC(=O)c1ccc(OC)c(N(C)C)c1. The number of esters is 1. The average molecular weight is 265 g/mol. The number of benzene rings is 1. The fourth-order valence-electron chi connectivity index (χ4n) is 1.77. The van der Waals surface area contributed by atoms with Crippen LogP contribution in [0, 0.1) is 0 Å². The van der Waals surface area contributed by atoms with Gasteiger partial charge in [0.15, 0.2) is 0 Å². The fourth-order valence-corrected chi connectivity index (χ4v) is 1.77. The first kappa shape index (κ1) is 15.3. The van der Waals surface area contributed by atoms with Crippen molar-refractivity contribution >= 4 is 11.7 Å². The Labute approximate surface area is 115 Å². The summed E-state index contributed by atoms with van der Waals surface area (Å²) in [6.45, 7) is 2.60. The molecule has 0 unspecified atom stereocenters. The molecule has 19 heavy (non-hydrogen) atoms. The number of nitrogens with zero attached hydrogens (tertiary/aromatic N) is 1. The van der Waals surface area contributed by atoms with Crippen molar-refractivity contribution in [1.29, 1.82) is 0 Å². The highest BCUT2D eigenvalue weighted by molar-refractivity contribution is 5.91. The second-order valence-electron chi connectivity index (χ2n) is 4.62. The molecule has 0 aromatic heterocycles. The molecule has 0 saturated carbocycles. The van der Waals surface area contributed by atoms with E-state index in [1.807, 2.05) is 19.0 Å². The summed E-state index contributed by atoms with van der Waals surface area (Å²) in [4.78, 5) is 13.8. The number of carbonyl (C=O) groups excluding carboxylic acids is 1. The maximum Gasteiger partial charge on any atom is 0.338 e. The summed E-state index contributed by atoms with van der Waals surface area (Å²) in [5.74, 6) is 0.467. The highest BCUT2D eigenvalue weighted by Crippen LogP contribution is 2.27. The summed E-state index contributed by atoms with van der Waals surface area (Å²) in [6, 6.07) is 5.31. The topological polar surface area (TPSA) is 38.8 Å². The molecule has 0 spiro atoms. The molecule has 106 valence electrons. The van der Waals surface area contributed by atoms with Gasteiger partial charge in [-0.1, -0.05) is 19.8 Å². The van der Waals surface area contributed by atoms with Gasteiger partial charge >= 0.3 is 5.97 Å². The zero-order chi connectivity index (χ0) is 14.3. The summed E-state index contributed by atoms with van der Waals surface area (Å²) in [5, 5.41) is 0. The Bertz CT molecular complexity index is 416. The van der Waals surface area contributed by atoms with Crippen molar-refractivity contribution in [2.75, 3.05) is 32.7 Å². The molecular weight excluding hydrogens is 242 g/mol. The van der Waals surface area contributed by atoms with Crippen LogP contribution in [0.5, 0.6) is 5.75 Å². The third-order valence-corrected chi connectivity index (χ3v) is 2.88. The molecule has 1 aromatic carbocycles. The molecule has 0 aliphatic carbocycles. The Kier molecular flexibility index (Phi) is 6.19. The lowest BCUT2D eigenvalue weighted by Gasteiger charge is -2.17. The Balaban J connectivity index is 2.72. The molecule has 0 N–H and O–H groups in total. The number of methoxy groups -OCH3 is 1. The summed E-state index contributed by atoms with van der Waals surface area (Å²) in [6.07, 6.45) is 3.11. The minimum absolute atomic E-state index is 0.276. The number of anilines is 1. The Hall–Kier alpha value is -1.71. The second-order valence-corrected chi connectivity index (χ2v) is 4.62. The van der Waals surface area contributed by atoms with Crippen molar-refractivity contribution in [2.45, 2.75) is 26.2 Å². The Morgan fingerprint density at radius 2 is 2.00 bits per heavy atom. The van der Waals surface area contributed by atoms with Gasteiger partial charge in [-0.05, 0) is 24.6 Å². The van der Waals surface area contributed by atoms with Gasteiger partial charge in [0.1, 0.15) is 5.75 Å². The van der Waals surface area contributed by atoms with Gasteiger partial charge in [-0.25, -0.2) is 4.79 Å². The molecule has 0 amide bonds. The quantitative estimate of drug-likeness (QED) is 0.561. The summed E-state index contributed by atoms with van der Waals surface area (Å²) < 4.78 is 10.5. The largest absolute Gasteiger partial charge is 0.495 e. The fraction of sp³-hybridized carbons (Fsp3) is 0.533. The molecule has 0 fully saturated rings. The van der Waals surface area contributed by atoms with E-state index in [1.165, 1.54) is 0 Å². The molecule has 0 heterocycles. The summed E-state index contributed by atoms with van der Waals surface area (Å²) in [7, 11) is 5.44. The molecule has 1 rings (SSSR count). The molecule has 4 heteroatoms. The van der Waals surface area contributed by atoms with E-state index in [9.17, 15) is 4.79 Å². The van der Waals surface area contributed by atoms with Crippen molar-refractivity contribution in [3.05, 3.63) is 23.8 Å². The maximum absolute atomic E-state index is 11.9. The molecule has 0 saturated heterocycles. The minimum atomic E-state index is -0.276. The van der Waals surface area contributed by atoms with Crippen LogP contribution in [0.2, 0.25) is 0 Å². The van der Waals surface area contributed by atoms with E-state index in [-0.39, 0.29) is 5.97 Å². The van der Waals surface area contributed by atoms with Crippen molar-refractivity contribution in [2.24, 2.45) is 0 Å². The predicted molar refractivity (Wildman–Crippen MR) is 77.1 cm³/mol. The highest BCUT2D eigenvalue weighted by Gasteiger charge is 2.12. The van der Waals surface area contributed by atoms with Crippen molar-refractivity contribution < 1.29 is 14.3 Å². The molecule has 0 bridgehead atoms. The van der Waals surface area contributed by atoms with Gasteiger partial charge in [-0.2, -0.15) is 0 Å². The van der Waals surface area contributed by atoms with Gasteiger partial charge in [-0.3, -0.25) is 0 Å². The van der Waals surface area contributed by atoms with E-state index >= 15 is 0 Å². The molecule has 0 aliphatic rings. The van der Waals surface area contributed by atoms with E-state index in [4.69, 9.17) is 9.47 Å². The molecule has 1 aromatic rings. The van der Waals surface area contributed by atoms with Gasteiger partial charge in [0, 0.05) is 14.1 Å². The third-order valence-electron chi connectivity index (χ3n) is 2.88. The van der Waals surface area contributed by atoms with Crippen LogP contribution in [0.15, 0.2) is 18.2 Å². The van der Waals surface area contributed by atoms with Gasteiger partial charge < -0.3 is 14.4 Å². The molecule has 4 nitrogen and oxygen atoms in total. The smallest absolute Gasteiger partial charge is 0.338 e. The van der Waals surface area contributed by atoms with Gasteiger partial charge in [0.25, 0.3) is 0 Å². The minimum Gasteiger partial charge on any atom is -0.495 e. The van der Waals surface area contributed by atoms with Gasteiger partial charge in [0.05, 0.1) is 25.0 Å². The van der Waals surface area contributed by atoms with Gasteiger partial charge in [0.2, 0.25) is 0 Å². The highest BCUT2D eigenvalue weighted by atomic mass is 16.5. The molecule has 0 atom stereocenters. The van der Waals surface area contributed by atoms with Crippen LogP contribution in [0.4, 0.5) is 5.69 Å². The number of rotatable bonds is 7. The molecular formula is C15H23NO3. The van der Waals surface area contributed by atoms with Crippen LogP contribution in [-0.2, 0) is 4.74 Å². The maximum atomic E-state index is 11.9.